The lowest BCUT2D eigenvalue weighted by Gasteiger charge is -2.15. The Morgan fingerprint density at radius 3 is 2.77 bits per heavy atom. The first kappa shape index (κ1) is 20.1. The highest BCUT2D eigenvalue weighted by Gasteiger charge is 2.20. The Balaban J connectivity index is 1.39. The number of nitrogens with one attached hydrogen (secondary N) is 2. The van der Waals surface area contributed by atoms with E-state index in [0.717, 1.165) is 27.0 Å². The molecule has 2 aromatic carbocycles. The fraction of sp³-hybridized carbons (Fsp3) is 0.0909. The van der Waals surface area contributed by atoms with Gasteiger partial charge in [-0.05, 0) is 60.0 Å². The Kier molecular flexibility index (Phi) is 5.45. The first-order valence-corrected chi connectivity index (χ1v) is 11.9. The number of carbonyl (C=O) groups is 1. The van der Waals surface area contributed by atoms with Crippen LogP contribution >= 0.6 is 22.9 Å². The summed E-state index contributed by atoms with van der Waals surface area (Å²) in [6.07, 6.45) is 1.76. The van der Waals surface area contributed by atoms with E-state index in [-0.39, 0.29) is 5.91 Å². The van der Waals surface area contributed by atoms with Gasteiger partial charge in [0.25, 0.3) is 5.91 Å². The molecule has 0 bridgehead atoms. The Morgan fingerprint density at radius 1 is 1.16 bits per heavy atom. The van der Waals surface area contributed by atoms with Crippen molar-refractivity contribution < 1.29 is 9.00 Å². The number of nitrogens with zero attached hydrogens (tertiary/aromatic N) is 2. The molecule has 0 aliphatic carbocycles. The largest absolute Gasteiger partial charge is 0.322 e. The van der Waals surface area contributed by atoms with Crippen molar-refractivity contribution in [1.29, 1.82) is 0 Å². The Morgan fingerprint density at radius 2 is 2.00 bits per heavy atom. The predicted molar refractivity (Wildman–Crippen MR) is 128 cm³/mol. The Hall–Kier alpha value is -2.78. The highest BCUT2D eigenvalue weighted by atomic mass is 35.5. The smallest absolute Gasteiger partial charge is 0.255 e. The maximum Gasteiger partial charge on any atom is 0.255 e. The molecule has 1 aliphatic heterocycles. The van der Waals surface area contributed by atoms with Crippen molar-refractivity contribution in [2.75, 3.05) is 22.7 Å². The third kappa shape index (κ3) is 3.95. The summed E-state index contributed by atoms with van der Waals surface area (Å²) >= 11 is 6.88. The maximum absolute atomic E-state index is 12.8. The topological polar surface area (TPSA) is 74.3 Å². The highest BCUT2D eigenvalue weighted by molar-refractivity contribution is 7.84. The summed E-state index contributed by atoms with van der Waals surface area (Å²) in [5.74, 6) is -0.234. The molecule has 0 saturated carbocycles. The molecule has 0 spiro atoms. The zero-order valence-corrected chi connectivity index (χ0v) is 18.6. The van der Waals surface area contributed by atoms with Crippen molar-refractivity contribution >= 4 is 61.5 Å². The van der Waals surface area contributed by atoms with Gasteiger partial charge >= 0.3 is 0 Å². The summed E-state index contributed by atoms with van der Waals surface area (Å²) in [5.41, 5.74) is 3.51. The van der Waals surface area contributed by atoms with Crippen LogP contribution in [0.25, 0.3) is 21.3 Å². The van der Waals surface area contributed by atoms with E-state index < -0.39 is 11.2 Å². The van der Waals surface area contributed by atoms with Gasteiger partial charge in [-0.3, -0.25) is 14.1 Å². The quantitative estimate of drug-likeness (QED) is 0.449. The summed E-state index contributed by atoms with van der Waals surface area (Å²) in [6, 6.07) is 16.4. The molecule has 1 amide bonds. The van der Waals surface area contributed by atoms with E-state index in [1.54, 1.807) is 58.2 Å². The maximum atomic E-state index is 12.8. The molecule has 31 heavy (non-hydrogen) atoms. The Bertz CT molecular complexity index is 1310. The molecular weight excluding hydrogens is 452 g/mol. The van der Waals surface area contributed by atoms with E-state index in [1.165, 1.54) is 0 Å². The van der Waals surface area contributed by atoms with Crippen molar-refractivity contribution in [3.8, 4) is 11.3 Å². The van der Waals surface area contributed by atoms with Crippen LogP contribution in [0, 0.1) is 0 Å². The van der Waals surface area contributed by atoms with E-state index in [9.17, 15) is 9.00 Å². The lowest BCUT2D eigenvalue weighted by atomic mass is 10.1. The molecule has 0 radical (unpaired) electrons. The second-order valence-corrected chi connectivity index (χ2v) is 9.52. The number of benzene rings is 2. The van der Waals surface area contributed by atoms with Crippen LogP contribution < -0.4 is 14.3 Å². The number of fused-ring (bicyclic) bond motifs is 1. The molecule has 3 heterocycles. The molecule has 1 atom stereocenters. The van der Waals surface area contributed by atoms with Crippen LogP contribution in [0.5, 0.6) is 0 Å². The molecule has 1 unspecified atom stereocenters. The molecule has 2 N–H and O–H groups in total. The van der Waals surface area contributed by atoms with Crippen LogP contribution in [-0.4, -0.2) is 28.2 Å². The molecule has 1 fully saturated rings. The first-order valence-electron chi connectivity index (χ1n) is 9.56. The van der Waals surface area contributed by atoms with Crippen molar-refractivity contribution in [1.82, 2.24) is 9.71 Å². The van der Waals surface area contributed by atoms with Gasteiger partial charge in [0.1, 0.15) is 0 Å². The van der Waals surface area contributed by atoms with Gasteiger partial charge in [0.15, 0.2) is 11.2 Å². The molecule has 6 nitrogen and oxygen atoms in total. The van der Waals surface area contributed by atoms with E-state index in [4.69, 9.17) is 11.6 Å². The van der Waals surface area contributed by atoms with Crippen LogP contribution in [-0.2, 0) is 11.2 Å². The molecule has 1 saturated heterocycles. The van der Waals surface area contributed by atoms with Crippen LogP contribution in [0.15, 0.2) is 66.2 Å². The van der Waals surface area contributed by atoms with Gasteiger partial charge in [-0.15, -0.1) is 11.3 Å². The van der Waals surface area contributed by atoms with Crippen molar-refractivity contribution in [3.63, 3.8) is 0 Å². The first-order chi connectivity index (χ1) is 15.1. The number of rotatable bonds is 4. The average Bonchev–Trinajstić information content (AvgIpc) is 3.44. The number of aromatic nitrogens is 1. The number of halogens is 1. The van der Waals surface area contributed by atoms with Gasteiger partial charge in [-0.1, -0.05) is 11.6 Å². The summed E-state index contributed by atoms with van der Waals surface area (Å²) in [5, 5.41) is 6.55. The van der Waals surface area contributed by atoms with Crippen LogP contribution in [0.3, 0.4) is 0 Å². The minimum atomic E-state index is -1.23. The van der Waals surface area contributed by atoms with Gasteiger partial charge in [0.05, 0.1) is 16.4 Å². The van der Waals surface area contributed by atoms with E-state index in [0.29, 0.717) is 29.4 Å². The number of hydrogen-bond acceptors (Lipinski definition) is 4. The fourth-order valence-corrected chi connectivity index (χ4v) is 5.48. The zero-order chi connectivity index (χ0) is 21.4. The molecule has 1 aliphatic rings. The summed E-state index contributed by atoms with van der Waals surface area (Å²) in [7, 11) is 0. The third-order valence-corrected chi connectivity index (χ3v) is 7.47. The van der Waals surface area contributed by atoms with Gasteiger partial charge in [-0.2, -0.15) is 0 Å². The number of pyridine rings is 1. The van der Waals surface area contributed by atoms with Crippen LogP contribution in [0.4, 0.5) is 11.4 Å². The van der Waals surface area contributed by atoms with Crippen molar-refractivity contribution in [2.24, 2.45) is 0 Å². The van der Waals surface area contributed by atoms with Crippen molar-refractivity contribution in [2.45, 2.75) is 0 Å². The van der Waals surface area contributed by atoms with Crippen LogP contribution in [0.1, 0.15) is 10.4 Å². The average molecular weight is 469 g/mol. The minimum Gasteiger partial charge on any atom is -0.322 e. The second-order valence-electron chi connectivity index (χ2n) is 6.93. The number of carbonyl (C=O) groups excluding carboxylic acids is 1. The second kappa shape index (κ2) is 8.39. The van der Waals surface area contributed by atoms with Gasteiger partial charge in [0.2, 0.25) is 0 Å². The molecule has 2 aromatic heterocycles. The summed E-state index contributed by atoms with van der Waals surface area (Å²) in [4.78, 5) is 17.3. The molecule has 9 heteroatoms. The minimum absolute atomic E-state index is 0.234. The predicted octanol–water partition coefficient (Wildman–Crippen LogP) is 4.86. The highest BCUT2D eigenvalue weighted by Crippen LogP contribution is 2.35. The molecule has 4 aromatic rings. The number of thiophene rings is 1. The van der Waals surface area contributed by atoms with Crippen LogP contribution in [0.2, 0.25) is 5.02 Å². The normalized spacial score (nSPS) is 16.0. The fourth-order valence-electron chi connectivity index (χ4n) is 3.50. The van der Waals surface area contributed by atoms with E-state index in [2.05, 4.69) is 15.0 Å². The zero-order valence-electron chi connectivity index (χ0n) is 16.2. The van der Waals surface area contributed by atoms with Gasteiger partial charge in [0, 0.05) is 46.2 Å². The molecule has 156 valence electrons. The standard InChI is InChI=1S/C22H17ClN4O2S2/c23-19-6-3-15(13-18(19)21-17-8-12-30-20(17)7-9-24-21)26-22(28)14-1-4-16(5-2-14)27-11-10-25-31(27)29/h1-9,12-13,25H,10-11H2,(H,26,28). The van der Waals surface area contributed by atoms with Crippen molar-refractivity contribution in [3.05, 3.63) is 76.8 Å². The molecule has 5 rings (SSSR count). The Labute approximate surface area is 190 Å². The number of hydrogen-bond donors (Lipinski definition) is 2. The third-order valence-electron chi connectivity index (χ3n) is 5.02. The van der Waals surface area contributed by atoms with E-state index >= 15 is 0 Å². The number of anilines is 2. The lowest BCUT2D eigenvalue weighted by Crippen LogP contribution is -2.22. The van der Waals surface area contributed by atoms with Gasteiger partial charge < -0.3 is 5.32 Å². The number of amides is 1. The summed E-state index contributed by atoms with van der Waals surface area (Å²) in [6.45, 7) is 1.33. The van der Waals surface area contributed by atoms with E-state index in [1.807, 2.05) is 23.6 Å². The molecular formula is C22H17ClN4O2S2. The monoisotopic (exact) mass is 468 g/mol. The summed E-state index contributed by atoms with van der Waals surface area (Å²) < 4.78 is 17.7. The lowest BCUT2D eigenvalue weighted by molar-refractivity contribution is 0.102. The van der Waals surface area contributed by atoms with Gasteiger partial charge in [-0.25, -0.2) is 8.93 Å². The SMILES string of the molecule is O=C(Nc1ccc(Cl)c(-c2nccc3sccc23)c1)c1ccc(N2CCNS2=O)cc1.